The van der Waals surface area contributed by atoms with Crippen molar-refractivity contribution >= 4 is 18.4 Å². The first-order valence-corrected chi connectivity index (χ1v) is 5.13. The van der Waals surface area contributed by atoms with Gasteiger partial charge in [0.1, 0.15) is 0 Å². The van der Waals surface area contributed by atoms with E-state index >= 15 is 0 Å². The van der Waals surface area contributed by atoms with E-state index in [0.29, 0.717) is 12.0 Å². The smallest absolute Gasteiger partial charge is 0.337 e. The zero-order valence-electron chi connectivity index (χ0n) is 10.1. The number of halogens is 1. The Bertz CT molecular complexity index is 404. The number of ether oxygens (including phenoxy) is 1. The number of nitrogens with two attached hydrogens (primary N) is 1. The average Bonchev–Trinajstić information content (AvgIpc) is 2.27. The monoisotopic (exact) mass is 255 g/mol. The van der Waals surface area contributed by atoms with E-state index in [4.69, 9.17) is 5.73 Å². The van der Waals surface area contributed by atoms with E-state index in [-0.39, 0.29) is 24.4 Å². The fourth-order valence-corrected chi connectivity index (χ4v) is 1.51. The zero-order valence-corrected chi connectivity index (χ0v) is 10.9. The summed E-state index contributed by atoms with van der Waals surface area (Å²) >= 11 is 0. The molecule has 0 saturated carbocycles. The van der Waals surface area contributed by atoms with Crippen molar-refractivity contribution in [3.63, 3.8) is 0 Å². The molecule has 0 fully saturated rings. The van der Waals surface area contributed by atoms with Crippen molar-refractivity contribution in [1.29, 1.82) is 0 Å². The highest BCUT2D eigenvalue weighted by Gasteiger charge is 2.10. The van der Waals surface area contributed by atoms with Gasteiger partial charge in [0.25, 0.3) is 0 Å². The van der Waals surface area contributed by atoms with Crippen molar-refractivity contribution < 1.29 is 9.53 Å². The number of carbonyl (C=O) groups excluding carboxylic acids is 1. The van der Waals surface area contributed by atoms with Gasteiger partial charge in [-0.15, -0.1) is 19.0 Å². The molecule has 17 heavy (non-hydrogen) atoms. The molecule has 0 aromatic heterocycles. The van der Waals surface area contributed by atoms with Crippen molar-refractivity contribution in [3.05, 3.63) is 47.5 Å². The van der Waals surface area contributed by atoms with Gasteiger partial charge in [0, 0.05) is 6.04 Å². The Kier molecular flexibility index (Phi) is 6.54. The Labute approximate surface area is 108 Å². The van der Waals surface area contributed by atoms with Gasteiger partial charge in [-0.05, 0) is 31.0 Å². The minimum absolute atomic E-state index is 0. The second kappa shape index (κ2) is 7.09. The van der Waals surface area contributed by atoms with Crippen LogP contribution in [-0.4, -0.2) is 13.1 Å². The molecule has 0 radical (unpaired) electrons. The highest BCUT2D eigenvalue weighted by molar-refractivity contribution is 5.89. The molecule has 0 aliphatic carbocycles. The first kappa shape index (κ1) is 15.7. The van der Waals surface area contributed by atoms with Gasteiger partial charge in [-0.3, -0.25) is 0 Å². The van der Waals surface area contributed by atoms with Crippen molar-refractivity contribution in [3.8, 4) is 0 Å². The highest BCUT2D eigenvalue weighted by Crippen LogP contribution is 2.18. The summed E-state index contributed by atoms with van der Waals surface area (Å²) in [7, 11) is 1.36. The Hall–Kier alpha value is -1.32. The minimum Gasteiger partial charge on any atom is -0.465 e. The number of esters is 1. The third kappa shape index (κ3) is 4.59. The number of carbonyl (C=O) groups is 1. The largest absolute Gasteiger partial charge is 0.465 e. The van der Waals surface area contributed by atoms with Crippen LogP contribution < -0.4 is 5.73 Å². The molecular formula is C13H18ClNO2. The third-order valence-corrected chi connectivity index (χ3v) is 2.30. The van der Waals surface area contributed by atoms with Crippen molar-refractivity contribution in [1.82, 2.24) is 0 Å². The fraction of sp³-hybridized carbons (Fsp3) is 0.308. The summed E-state index contributed by atoms with van der Waals surface area (Å²) in [6.07, 6.45) is 0.713. The number of benzene rings is 1. The number of hydrogen-bond donors (Lipinski definition) is 1. The number of hydrogen-bond acceptors (Lipinski definition) is 3. The van der Waals surface area contributed by atoms with E-state index in [0.717, 1.165) is 11.1 Å². The van der Waals surface area contributed by atoms with Gasteiger partial charge in [-0.2, -0.15) is 0 Å². The van der Waals surface area contributed by atoms with Crippen molar-refractivity contribution in [2.24, 2.45) is 5.73 Å². The van der Waals surface area contributed by atoms with Crippen LogP contribution >= 0.6 is 12.4 Å². The van der Waals surface area contributed by atoms with Crippen LogP contribution in [0, 0.1) is 0 Å². The molecule has 0 amide bonds. The molecule has 1 rings (SSSR count). The second-order valence-electron chi connectivity index (χ2n) is 3.88. The van der Waals surface area contributed by atoms with Crippen LogP contribution in [0.2, 0.25) is 0 Å². The maximum Gasteiger partial charge on any atom is 0.337 e. The third-order valence-electron chi connectivity index (χ3n) is 2.30. The summed E-state index contributed by atoms with van der Waals surface area (Å²) in [4.78, 5) is 11.3. The van der Waals surface area contributed by atoms with Gasteiger partial charge in [-0.25, -0.2) is 4.79 Å². The molecule has 1 aromatic rings. The van der Waals surface area contributed by atoms with Gasteiger partial charge in [0.15, 0.2) is 0 Å². The molecule has 0 aliphatic heterocycles. The molecule has 4 heteroatoms. The fourth-order valence-electron chi connectivity index (χ4n) is 1.51. The summed E-state index contributed by atoms with van der Waals surface area (Å²) in [6, 6.07) is 7.06. The summed E-state index contributed by atoms with van der Waals surface area (Å²) in [5, 5.41) is 0. The lowest BCUT2D eigenvalue weighted by Gasteiger charge is -2.12. The molecule has 0 bridgehead atoms. The topological polar surface area (TPSA) is 52.3 Å². The van der Waals surface area contributed by atoms with Crippen LogP contribution in [0.4, 0.5) is 0 Å². The van der Waals surface area contributed by atoms with E-state index in [1.807, 2.05) is 13.0 Å². The Morgan fingerprint density at radius 3 is 2.71 bits per heavy atom. The lowest BCUT2D eigenvalue weighted by Crippen LogP contribution is -2.11. The Morgan fingerprint density at radius 2 is 2.18 bits per heavy atom. The quantitative estimate of drug-likeness (QED) is 0.665. The van der Waals surface area contributed by atoms with Crippen LogP contribution in [0.25, 0.3) is 0 Å². The van der Waals surface area contributed by atoms with Gasteiger partial charge in [0.2, 0.25) is 0 Å². The molecule has 0 spiro atoms. The normalized spacial score (nSPS) is 11.2. The van der Waals surface area contributed by atoms with E-state index in [9.17, 15) is 4.79 Å². The molecule has 0 unspecified atom stereocenters. The zero-order chi connectivity index (χ0) is 12.1. The van der Waals surface area contributed by atoms with E-state index in [2.05, 4.69) is 11.3 Å². The molecule has 0 saturated heterocycles. The van der Waals surface area contributed by atoms with Crippen molar-refractivity contribution in [2.75, 3.05) is 7.11 Å². The summed E-state index contributed by atoms with van der Waals surface area (Å²) in [5.74, 6) is -0.343. The van der Waals surface area contributed by atoms with Gasteiger partial charge in [-0.1, -0.05) is 17.7 Å². The summed E-state index contributed by atoms with van der Waals surface area (Å²) in [5.41, 5.74) is 8.46. The first-order chi connectivity index (χ1) is 7.54. The second-order valence-corrected chi connectivity index (χ2v) is 3.88. The highest BCUT2D eigenvalue weighted by atomic mass is 35.5. The predicted octanol–water partition coefficient (Wildman–Crippen LogP) is 2.86. The standard InChI is InChI=1S/C13H17NO2.ClH/c1-9(2)7-12(14)10-5-4-6-11(8-10)13(15)16-3;/h4-6,8,12H,1,7,14H2,2-3H3;1H/t12-;/m1./s1. The molecule has 1 aromatic carbocycles. The number of methoxy groups -OCH3 is 1. The first-order valence-electron chi connectivity index (χ1n) is 5.13. The minimum atomic E-state index is -0.343. The molecule has 1 atom stereocenters. The molecule has 0 heterocycles. The van der Waals surface area contributed by atoms with Crippen molar-refractivity contribution in [2.45, 2.75) is 19.4 Å². The van der Waals surface area contributed by atoms with Gasteiger partial charge in [0.05, 0.1) is 12.7 Å². The Balaban J connectivity index is 0.00000256. The van der Waals surface area contributed by atoms with Crippen LogP contribution in [0.3, 0.4) is 0 Å². The molecule has 94 valence electrons. The van der Waals surface area contributed by atoms with E-state index in [1.54, 1.807) is 18.2 Å². The van der Waals surface area contributed by atoms with Crippen LogP contribution in [0.1, 0.15) is 35.3 Å². The van der Waals surface area contributed by atoms with E-state index in [1.165, 1.54) is 7.11 Å². The lowest BCUT2D eigenvalue weighted by molar-refractivity contribution is 0.0600. The molecule has 2 N–H and O–H groups in total. The molecule has 3 nitrogen and oxygen atoms in total. The van der Waals surface area contributed by atoms with E-state index < -0.39 is 0 Å². The van der Waals surface area contributed by atoms with Crippen LogP contribution in [0.5, 0.6) is 0 Å². The molecular weight excluding hydrogens is 238 g/mol. The van der Waals surface area contributed by atoms with Crippen LogP contribution in [-0.2, 0) is 4.74 Å². The predicted molar refractivity (Wildman–Crippen MR) is 71.4 cm³/mol. The SMILES string of the molecule is C=C(C)C[C@@H](N)c1cccc(C(=O)OC)c1.Cl. The van der Waals surface area contributed by atoms with Crippen LogP contribution in [0.15, 0.2) is 36.4 Å². The summed E-state index contributed by atoms with van der Waals surface area (Å²) < 4.78 is 4.65. The maximum atomic E-state index is 11.3. The van der Waals surface area contributed by atoms with Gasteiger partial charge < -0.3 is 10.5 Å². The average molecular weight is 256 g/mol. The number of rotatable bonds is 4. The maximum absolute atomic E-state index is 11.3. The Morgan fingerprint density at radius 1 is 1.53 bits per heavy atom. The summed E-state index contributed by atoms with van der Waals surface area (Å²) in [6.45, 7) is 5.76. The molecule has 0 aliphatic rings. The lowest BCUT2D eigenvalue weighted by atomic mass is 9.99. The van der Waals surface area contributed by atoms with Gasteiger partial charge >= 0.3 is 5.97 Å².